The third kappa shape index (κ3) is 5.17. The van der Waals surface area contributed by atoms with Crippen LogP contribution in [0, 0.1) is 0 Å². The van der Waals surface area contributed by atoms with Crippen molar-refractivity contribution in [2.75, 3.05) is 0 Å². The van der Waals surface area contributed by atoms with E-state index in [1.165, 1.54) is 0 Å². The molecule has 0 aliphatic heterocycles. The van der Waals surface area contributed by atoms with E-state index in [1.807, 2.05) is 72.8 Å². The van der Waals surface area contributed by atoms with Crippen molar-refractivity contribution in [1.29, 1.82) is 0 Å². The minimum Gasteiger partial charge on any atom is -0.292 e. The third-order valence-corrected chi connectivity index (χ3v) is 7.87. The topological polar surface area (TPSA) is 56.5 Å². The van der Waals surface area contributed by atoms with Gasteiger partial charge in [-0.25, -0.2) is 19.9 Å². The summed E-state index contributed by atoms with van der Waals surface area (Å²) in [4.78, 5) is 19.7. The smallest absolute Gasteiger partial charge is 0.164 e. The molecule has 8 aromatic rings. The van der Waals surface area contributed by atoms with Crippen molar-refractivity contribution < 1.29 is 0 Å². The number of hydrogen-bond acceptors (Lipinski definition) is 4. The maximum Gasteiger partial charge on any atom is 0.164 e. The molecule has 8 rings (SSSR count). The van der Waals surface area contributed by atoms with Crippen LogP contribution in [-0.4, -0.2) is 24.5 Å². The first-order valence-electron chi connectivity index (χ1n) is 14.9. The van der Waals surface area contributed by atoms with Gasteiger partial charge in [0.1, 0.15) is 5.82 Å². The number of benzene rings is 6. The average molecular weight is 578 g/mol. The Kier molecular flexibility index (Phi) is 6.74. The van der Waals surface area contributed by atoms with Crippen molar-refractivity contribution in [3.05, 3.63) is 164 Å². The van der Waals surface area contributed by atoms with Gasteiger partial charge in [0.15, 0.2) is 17.5 Å². The van der Waals surface area contributed by atoms with Gasteiger partial charge in [0.25, 0.3) is 0 Å². The van der Waals surface area contributed by atoms with E-state index in [0.717, 1.165) is 55.9 Å². The van der Waals surface area contributed by atoms with E-state index in [1.54, 1.807) is 0 Å². The highest BCUT2D eigenvalue weighted by atomic mass is 15.1. The number of para-hydroxylation sites is 3. The summed E-state index contributed by atoms with van der Waals surface area (Å²) in [5, 5.41) is 0. The summed E-state index contributed by atoms with van der Waals surface area (Å²) in [5.41, 5.74) is 9.19. The number of imidazole rings is 1. The SMILES string of the molecule is c1ccc(-c2nc(-c3ccccc3)nc(-c3cccc(-c4ccc(-c5nc6ccccc6n5-c5ccccc5)cc4)c3)n2)cc1. The molecule has 0 unspecified atom stereocenters. The Bertz CT molecular complexity index is 2180. The molecule has 6 aromatic carbocycles. The van der Waals surface area contributed by atoms with E-state index in [9.17, 15) is 0 Å². The van der Waals surface area contributed by atoms with Gasteiger partial charge in [-0.3, -0.25) is 4.57 Å². The van der Waals surface area contributed by atoms with Gasteiger partial charge >= 0.3 is 0 Å². The molecule has 0 aliphatic rings. The Morgan fingerprint density at radius 2 is 0.822 bits per heavy atom. The molecular weight excluding hydrogens is 550 g/mol. The molecule has 0 aliphatic carbocycles. The molecule has 2 aromatic heterocycles. The molecule has 0 atom stereocenters. The van der Waals surface area contributed by atoms with Gasteiger partial charge in [-0.2, -0.15) is 0 Å². The molecule has 0 amide bonds. The fraction of sp³-hybridized carbons (Fsp3) is 0. The van der Waals surface area contributed by atoms with E-state index in [0.29, 0.717) is 17.5 Å². The van der Waals surface area contributed by atoms with Gasteiger partial charge in [-0.1, -0.05) is 133 Å². The number of rotatable bonds is 6. The van der Waals surface area contributed by atoms with Crippen molar-refractivity contribution in [1.82, 2.24) is 24.5 Å². The molecule has 0 spiro atoms. The van der Waals surface area contributed by atoms with Gasteiger partial charge in [0.2, 0.25) is 0 Å². The van der Waals surface area contributed by atoms with Crippen LogP contribution < -0.4 is 0 Å². The van der Waals surface area contributed by atoms with Gasteiger partial charge in [0.05, 0.1) is 11.0 Å². The Morgan fingerprint density at radius 3 is 1.47 bits per heavy atom. The lowest BCUT2D eigenvalue weighted by Gasteiger charge is -2.11. The van der Waals surface area contributed by atoms with Crippen LogP contribution in [0.5, 0.6) is 0 Å². The molecule has 0 saturated heterocycles. The first-order valence-corrected chi connectivity index (χ1v) is 14.9. The first-order chi connectivity index (χ1) is 22.3. The minimum absolute atomic E-state index is 0.637. The summed E-state index contributed by atoms with van der Waals surface area (Å²) in [7, 11) is 0. The van der Waals surface area contributed by atoms with E-state index < -0.39 is 0 Å². The average Bonchev–Trinajstić information content (AvgIpc) is 3.52. The Balaban J connectivity index is 1.18. The summed E-state index contributed by atoms with van der Waals surface area (Å²) in [5.74, 6) is 2.85. The summed E-state index contributed by atoms with van der Waals surface area (Å²) in [6, 6.07) is 55.7. The fourth-order valence-corrected chi connectivity index (χ4v) is 5.65. The van der Waals surface area contributed by atoms with E-state index in [2.05, 4.69) is 95.6 Å². The Hall–Kier alpha value is -6.20. The molecular formula is C40H27N5. The number of aromatic nitrogens is 5. The second-order valence-corrected chi connectivity index (χ2v) is 10.8. The molecule has 0 radical (unpaired) electrons. The number of fused-ring (bicyclic) bond motifs is 1. The summed E-state index contributed by atoms with van der Waals surface area (Å²) in [6.45, 7) is 0. The van der Waals surface area contributed by atoms with Gasteiger partial charge in [0, 0.05) is 27.9 Å². The van der Waals surface area contributed by atoms with Crippen LogP contribution in [0.15, 0.2) is 164 Å². The lowest BCUT2D eigenvalue weighted by molar-refractivity contribution is 1.07. The normalized spacial score (nSPS) is 11.1. The summed E-state index contributed by atoms with van der Waals surface area (Å²) >= 11 is 0. The van der Waals surface area contributed by atoms with Crippen LogP contribution in [-0.2, 0) is 0 Å². The van der Waals surface area contributed by atoms with Crippen molar-refractivity contribution in [3.8, 4) is 62.4 Å². The van der Waals surface area contributed by atoms with Crippen LogP contribution in [0.3, 0.4) is 0 Å². The molecule has 0 saturated carbocycles. The zero-order valence-corrected chi connectivity index (χ0v) is 24.3. The van der Waals surface area contributed by atoms with Crippen molar-refractivity contribution in [2.45, 2.75) is 0 Å². The predicted octanol–water partition coefficient (Wildman–Crippen LogP) is 9.55. The van der Waals surface area contributed by atoms with E-state index >= 15 is 0 Å². The second kappa shape index (κ2) is 11.5. The van der Waals surface area contributed by atoms with Crippen LogP contribution in [0.25, 0.3) is 73.4 Å². The quantitative estimate of drug-likeness (QED) is 0.197. The van der Waals surface area contributed by atoms with Crippen molar-refractivity contribution in [2.24, 2.45) is 0 Å². The van der Waals surface area contributed by atoms with Gasteiger partial charge in [-0.15, -0.1) is 0 Å². The molecule has 0 N–H and O–H groups in total. The van der Waals surface area contributed by atoms with Gasteiger partial charge < -0.3 is 0 Å². The highest BCUT2D eigenvalue weighted by Crippen LogP contribution is 2.32. The fourth-order valence-electron chi connectivity index (χ4n) is 5.65. The molecule has 212 valence electrons. The van der Waals surface area contributed by atoms with Gasteiger partial charge in [-0.05, 0) is 41.5 Å². The van der Waals surface area contributed by atoms with Crippen LogP contribution >= 0.6 is 0 Å². The first kappa shape index (κ1) is 26.4. The zero-order valence-electron chi connectivity index (χ0n) is 24.3. The molecule has 5 heteroatoms. The standard InChI is InChI=1S/C40H27N5/c1-4-13-29(14-5-1)37-42-38(30-15-6-2-7-16-30)44-39(43-37)33-18-12-17-32(27-33)28-23-25-31(26-24-28)40-41-35-21-10-11-22-36(35)45(40)34-19-8-3-9-20-34/h1-27H. The van der Waals surface area contributed by atoms with Crippen LogP contribution in [0.4, 0.5) is 0 Å². The Labute approximate surface area is 261 Å². The second-order valence-electron chi connectivity index (χ2n) is 10.8. The van der Waals surface area contributed by atoms with Crippen LogP contribution in [0.2, 0.25) is 0 Å². The van der Waals surface area contributed by atoms with Crippen molar-refractivity contribution in [3.63, 3.8) is 0 Å². The highest BCUT2D eigenvalue weighted by molar-refractivity contribution is 5.84. The lowest BCUT2D eigenvalue weighted by Crippen LogP contribution is -2.00. The maximum absolute atomic E-state index is 5.02. The van der Waals surface area contributed by atoms with E-state index in [-0.39, 0.29) is 0 Å². The lowest BCUT2D eigenvalue weighted by atomic mass is 10.0. The predicted molar refractivity (Wildman–Crippen MR) is 182 cm³/mol. The number of nitrogens with zero attached hydrogens (tertiary/aromatic N) is 5. The van der Waals surface area contributed by atoms with Crippen molar-refractivity contribution >= 4 is 11.0 Å². The zero-order chi connectivity index (χ0) is 30.0. The maximum atomic E-state index is 5.02. The molecule has 45 heavy (non-hydrogen) atoms. The summed E-state index contributed by atoms with van der Waals surface area (Å²) < 4.78 is 2.22. The van der Waals surface area contributed by atoms with Crippen LogP contribution in [0.1, 0.15) is 0 Å². The molecule has 2 heterocycles. The Morgan fingerprint density at radius 1 is 0.333 bits per heavy atom. The number of hydrogen-bond donors (Lipinski definition) is 0. The highest BCUT2D eigenvalue weighted by Gasteiger charge is 2.15. The summed E-state index contributed by atoms with van der Waals surface area (Å²) in [6.07, 6.45) is 0. The molecule has 0 fully saturated rings. The monoisotopic (exact) mass is 577 g/mol. The minimum atomic E-state index is 0.637. The molecule has 0 bridgehead atoms. The largest absolute Gasteiger partial charge is 0.292 e. The van der Waals surface area contributed by atoms with E-state index in [4.69, 9.17) is 19.9 Å². The third-order valence-electron chi connectivity index (χ3n) is 7.87. The molecule has 5 nitrogen and oxygen atoms in total.